The zero-order chi connectivity index (χ0) is 13.9. The Balaban J connectivity index is 1.73. The molecule has 1 saturated heterocycles. The average Bonchev–Trinajstić information content (AvgIpc) is 2.90. The molecule has 2 heterocycles. The first-order valence-electron chi connectivity index (χ1n) is 6.74. The van der Waals surface area contributed by atoms with Gasteiger partial charge in [-0.15, -0.1) is 0 Å². The zero-order valence-electron chi connectivity index (χ0n) is 11.4. The Bertz CT molecular complexity index is 585. The van der Waals surface area contributed by atoms with Gasteiger partial charge in [-0.3, -0.25) is 4.90 Å². The third kappa shape index (κ3) is 2.89. The fraction of sp³-hybridized carbons (Fsp3) is 0.400. The van der Waals surface area contributed by atoms with E-state index in [1.165, 1.54) is 12.1 Å². The maximum Gasteiger partial charge on any atom is 0.226 e. The number of rotatable bonds is 3. The SMILES string of the molecule is C[C@@H]1COCCN1Cc1coc(-c2cccc(F)c2)n1. The lowest BCUT2D eigenvalue weighted by Gasteiger charge is -2.32. The average molecular weight is 276 g/mol. The van der Waals surface area contributed by atoms with Gasteiger partial charge in [-0.1, -0.05) is 6.07 Å². The number of halogens is 1. The summed E-state index contributed by atoms with van der Waals surface area (Å²) in [6.45, 7) is 5.24. The van der Waals surface area contributed by atoms with Gasteiger partial charge in [-0.2, -0.15) is 0 Å². The maximum atomic E-state index is 13.2. The molecule has 0 radical (unpaired) electrons. The Morgan fingerprint density at radius 3 is 3.15 bits per heavy atom. The van der Waals surface area contributed by atoms with Gasteiger partial charge >= 0.3 is 0 Å². The van der Waals surface area contributed by atoms with Crippen LogP contribution in [0, 0.1) is 5.82 Å². The highest BCUT2D eigenvalue weighted by Crippen LogP contribution is 2.20. The monoisotopic (exact) mass is 276 g/mol. The van der Waals surface area contributed by atoms with Crippen LogP contribution in [0.15, 0.2) is 34.9 Å². The van der Waals surface area contributed by atoms with Crippen molar-refractivity contribution in [3.63, 3.8) is 0 Å². The molecule has 1 aromatic heterocycles. The molecule has 0 unspecified atom stereocenters. The molecule has 5 heteroatoms. The van der Waals surface area contributed by atoms with Gasteiger partial charge in [-0.05, 0) is 25.1 Å². The first-order valence-corrected chi connectivity index (χ1v) is 6.74. The Hall–Kier alpha value is -1.72. The smallest absolute Gasteiger partial charge is 0.226 e. The van der Waals surface area contributed by atoms with Crippen LogP contribution in [0.4, 0.5) is 4.39 Å². The predicted octanol–water partition coefficient (Wildman–Crippen LogP) is 2.70. The lowest BCUT2D eigenvalue weighted by atomic mass is 10.2. The van der Waals surface area contributed by atoms with Crippen molar-refractivity contribution < 1.29 is 13.5 Å². The summed E-state index contributed by atoms with van der Waals surface area (Å²) < 4.78 is 24.0. The third-order valence-electron chi connectivity index (χ3n) is 3.49. The van der Waals surface area contributed by atoms with Crippen LogP contribution in [0.3, 0.4) is 0 Å². The molecule has 1 fully saturated rings. The zero-order valence-corrected chi connectivity index (χ0v) is 11.4. The van der Waals surface area contributed by atoms with Gasteiger partial charge in [0.05, 0.1) is 18.9 Å². The van der Waals surface area contributed by atoms with Crippen molar-refractivity contribution in [3.05, 3.63) is 42.0 Å². The molecule has 3 rings (SSSR count). The Labute approximate surface area is 117 Å². The number of morpholine rings is 1. The summed E-state index contributed by atoms with van der Waals surface area (Å²) in [5.41, 5.74) is 1.52. The second-order valence-corrected chi connectivity index (χ2v) is 5.05. The van der Waals surface area contributed by atoms with Crippen molar-refractivity contribution in [3.8, 4) is 11.5 Å². The van der Waals surface area contributed by atoms with E-state index >= 15 is 0 Å². The lowest BCUT2D eigenvalue weighted by Crippen LogP contribution is -2.42. The Morgan fingerprint density at radius 2 is 2.35 bits per heavy atom. The molecule has 0 bridgehead atoms. The highest BCUT2D eigenvalue weighted by atomic mass is 19.1. The molecule has 0 amide bonds. The highest BCUT2D eigenvalue weighted by molar-refractivity contribution is 5.52. The van der Waals surface area contributed by atoms with E-state index < -0.39 is 0 Å². The first kappa shape index (κ1) is 13.3. The minimum atomic E-state index is -0.288. The van der Waals surface area contributed by atoms with Crippen molar-refractivity contribution in [2.75, 3.05) is 19.8 Å². The van der Waals surface area contributed by atoms with Crippen LogP contribution in [-0.4, -0.2) is 35.7 Å². The molecule has 4 nitrogen and oxygen atoms in total. The van der Waals surface area contributed by atoms with Crippen LogP contribution in [0.25, 0.3) is 11.5 Å². The standard InChI is InChI=1S/C15H17FN2O2/c1-11-9-19-6-5-18(11)8-14-10-20-15(17-14)12-3-2-4-13(16)7-12/h2-4,7,10-11H,5-6,8-9H2,1H3/t11-/m1/s1. The van der Waals surface area contributed by atoms with Crippen molar-refractivity contribution in [1.82, 2.24) is 9.88 Å². The molecule has 1 aliphatic rings. The summed E-state index contributed by atoms with van der Waals surface area (Å²) in [6, 6.07) is 6.64. The van der Waals surface area contributed by atoms with Gasteiger partial charge in [0.15, 0.2) is 0 Å². The molecule has 0 aliphatic carbocycles. The van der Waals surface area contributed by atoms with E-state index in [4.69, 9.17) is 9.15 Å². The van der Waals surface area contributed by atoms with Crippen LogP contribution in [0.2, 0.25) is 0 Å². The minimum absolute atomic E-state index is 0.288. The van der Waals surface area contributed by atoms with Crippen LogP contribution in [-0.2, 0) is 11.3 Å². The molecule has 20 heavy (non-hydrogen) atoms. The van der Waals surface area contributed by atoms with E-state index in [2.05, 4.69) is 16.8 Å². The van der Waals surface area contributed by atoms with E-state index in [0.717, 1.165) is 32.0 Å². The first-order chi connectivity index (χ1) is 9.72. The number of ether oxygens (including phenoxy) is 1. The fourth-order valence-electron chi connectivity index (χ4n) is 2.34. The van der Waals surface area contributed by atoms with Crippen LogP contribution in [0.1, 0.15) is 12.6 Å². The number of hydrogen-bond donors (Lipinski definition) is 0. The summed E-state index contributed by atoms with van der Waals surface area (Å²) >= 11 is 0. The van der Waals surface area contributed by atoms with Gasteiger partial charge in [-0.25, -0.2) is 9.37 Å². The molecule has 2 aromatic rings. The predicted molar refractivity (Wildman–Crippen MR) is 72.6 cm³/mol. The summed E-state index contributed by atoms with van der Waals surface area (Å²) in [5.74, 6) is 0.171. The minimum Gasteiger partial charge on any atom is -0.444 e. The second kappa shape index (κ2) is 5.73. The Morgan fingerprint density at radius 1 is 1.45 bits per heavy atom. The van der Waals surface area contributed by atoms with Crippen molar-refractivity contribution in [2.24, 2.45) is 0 Å². The number of hydrogen-bond acceptors (Lipinski definition) is 4. The summed E-state index contributed by atoms with van der Waals surface area (Å²) in [6.07, 6.45) is 1.64. The normalized spacial score (nSPS) is 20.2. The quantitative estimate of drug-likeness (QED) is 0.864. The molecule has 0 saturated carbocycles. The number of oxazole rings is 1. The maximum absolute atomic E-state index is 13.2. The molecule has 0 N–H and O–H groups in total. The lowest BCUT2D eigenvalue weighted by molar-refractivity contribution is -0.00491. The van der Waals surface area contributed by atoms with Crippen LogP contribution < -0.4 is 0 Å². The summed E-state index contributed by atoms with van der Waals surface area (Å²) in [5, 5.41) is 0. The number of benzene rings is 1. The molecule has 1 aromatic carbocycles. The fourth-order valence-corrected chi connectivity index (χ4v) is 2.34. The summed E-state index contributed by atoms with van der Waals surface area (Å²) in [7, 11) is 0. The van der Waals surface area contributed by atoms with E-state index in [1.807, 2.05) is 0 Å². The van der Waals surface area contributed by atoms with Gasteiger partial charge in [0.25, 0.3) is 0 Å². The van der Waals surface area contributed by atoms with Gasteiger partial charge in [0.1, 0.15) is 12.1 Å². The van der Waals surface area contributed by atoms with E-state index in [0.29, 0.717) is 17.5 Å². The summed E-state index contributed by atoms with van der Waals surface area (Å²) in [4.78, 5) is 6.74. The molecular formula is C15H17FN2O2. The van der Waals surface area contributed by atoms with Crippen molar-refractivity contribution in [1.29, 1.82) is 0 Å². The number of aromatic nitrogens is 1. The molecule has 106 valence electrons. The van der Waals surface area contributed by atoms with Crippen molar-refractivity contribution >= 4 is 0 Å². The topological polar surface area (TPSA) is 38.5 Å². The van der Waals surface area contributed by atoms with Crippen LogP contribution >= 0.6 is 0 Å². The van der Waals surface area contributed by atoms with Gasteiger partial charge in [0, 0.05) is 24.7 Å². The third-order valence-corrected chi connectivity index (χ3v) is 3.49. The molecule has 0 spiro atoms. The van der Waals surface area contributed by atoms with Gasteiger partial charge < -0.3 is 9.15 Å². The Kier molecular flexibility index (Phi) is 3.80. The second-order valence-electron chi connectivity index (χ2n) is 5.05. The van der Waals surface area contributed by atoms with Crippen LogP contribution in [0.5, 0.6) is 0 Å². The van der Waals surface area contributed by atoms with Gasteiger partial charge in [0.2, 0.25) is 5.89 Å². The molecule has 1 atom stereocenters. The molecule has 1 aliphatic heterocycles. The highest BCUT2D eigenvalue weighted by Gasteiger charge is 2.20. The molecular weight excluding hydrogens is 259 g/mol. The van der Waals surface area contributed by atoms with E-state index in [-0.39, 0.29) is 5.82 Å². The largest absolute Gasteiger partial charge is 0.444 e. The van der Waals surface area contributed by atoms with E-state index in [9.17, 15) is 4.39 Å². The number of nitrogens with zero attached hydrogens (tertiary/aromatic N) is 2. The van der Waals surface area contributed by atoms with E-state index in [1.54, 1.807) is 18.4 Å². The van der Waals surface area contributed by atoms with Crippen molar-refractivity contribution in [2.45, 2.75) is 19.5 Å².